The van der Waals surface area contributed by atoms with E-state index in [4.69, 9.17) is 13.0 Å². The van der Waals surface area contributed by atoms with Gasteiger partial charge in [-0.05, 0) is 0 Å². The third-order valence-corrected chi connectivity index (χ3v) is 24.6. The summed E-state index contributed by atoms with van der Waals surface area (Å²) in [6.07, 6.45) is 4.59. The summed E-state index contributed by atoms with van der Waals surface area (Å²) in [6.45, 7) is 18.2. The molecule has 3 aliphatic rings. The van der Waals surface area contributed by atoms with Crippen LogP contribution in [0.15, 0.2) is 52.2 Å². The van der Waals surface area contributed by atoms with Gasteiger partial charge < -0.3 is 0 Å². The summed E-state index contributed by atoms with van der Waals surface area (Å²) in [5.74, 6) is 0. The molecule has 0 unspecified atom stereocenters. The molecule has 2 aromatic rings. The van der Waals surface area contributed by atoms with Gasteiger partial charge in [-0.1, -0.05) is 0 Å². The molecule has 0 radical (unpaired) electrons. The molecule has 3 fully saturated rings. The van der Waals surface area contributed by atoms with E-state index in [1.54, 1.807) is 10.8 Å². The van der Waals surface area contributed by atoms with Gasteiger partial charge >= 0.3 is 258 Å². The Bertz CT molecular complexity index is 1320. The van der Waals surface area contributed by atoms with Crippen molar-refractivity contribution in [1.82, 2.24) is 9.55 Å². The number of hydrogen-bond acceptors (Lipinski definition) is 6. The van der Waals surface area contributed by atoms with Gasteiger partial charge in [-0.25, -0.2) is 0 Å². The molecule has 0 bridgehead atoms. The van der Waals surface area contributed by atoms with Gasteiger partial charge in [0, 0.05) is 0 Å². The molecule has 7 nitrogen and oxygen atoms in total. The van der Waals surface area contributed by atoms with Crippen LogP contribution in [0, 0.1) is 0 Å². The maximum atomic E-state index is 13.3. The molecule has 2 aliphatic heterocycles. The molecular weight excluding hydrogens is 636 g/mol. The molecule has 1 aromatic carbocycles. The van der Waals surface area contributed by atoms with Crippen LogP contribution in [0.25, 0.3) is 0 Å². The van der Waals surface area contributed by atoms with Gasteiger partial charge in [0.2, 0.25) is 0 Å². The van der Waals surface area contributed by atoms with Crippen LogP contribution in [0.1, 0.15) is 80.0 Å². The average Bonchev–Trinajstić information content (AvgIpc) is 3.42. The van der Waals surface area contributed by atoms with Crippen molar-refractivity contribution in [2.45, 2.75) is 124 Å². The number of rotatable bonds is 7. The SMILES string of the molecule is CC(C)[Si]1(C(C)C)O[C@H]2CCC[C@]23S[C@@H](n2ccc(=O)[nH]c2=O)[C@H]([Se]c2ccccc2)[C@@H]3O[Si](C(C)C)(C(C)C)O1. The maximum absolute atomic E-state index is 13.3. The molecule has 0 amide bonds. The van der Waals surface area contributed by atoms with E-state index in [0.717, 1.165) is 19.3 Å². The Balaban J connectivity index is 1.73. The van der Waals surface area contributed by atoms with Crippen molar-refractivity contribution in [3.63, 3.8) is 0 Å². The van der Waals surface area contributed by atoms with Crippen molar-refractivity contribution in [2.24, 2.45) is 0 Å². The summed E-state index contributed by atoms with van der Waals surface area (Å²) in [4.78, 5) is 27.9. The number of aromatic nitrogens is 2. The summed E-state index contributed by atoms with van der Waals surface area (Å²) < 4.78 is 25.7. The summed E-state index contributed by atoms with van der Waals surface area (Å²) >= 11 is 1.89. The van der Waals surface area contributed by atoms with Crippen LogP contribution in [-0.4, -0.2) is 58.6 Å². The van der Waals surface area contributed by atoms with E-state index in [0.29, 0.717) is 0 Å². The van der Waals surface area contributed by atoms with Gasteiger partial charge in [-0.3, -0.25) is 0 Å². The van der Waals surface area contributed by atoms with Gasteiger partial charge in [0.15, 0.2) is 0 Å². The zero-order chi connectivity index (χ0) is 29.7. The molecule has 1 saturated carbocycles. The first-order valence-electron chi connectivity index (χ1n) is 15.1. The van der Waals surface area contributed by atoms with Crippen LogP contribution in [0.2, 0.25) is 27.0 Å². The van der Waals surface area contributed by atoms with Crippen LogP contribution in [-0.2, 0) is 13.0 Å². The third kappa shape index (κ3) is 5.37. The van der Waals surface area contributed by atoms with E-state index in [-0.39, 0.29) is 75.5 Å². The van der Waals surface area contributed by atoms with E-state index < -0.39 is 17.1 Å². The summed E-state index contributed by atoms with van der Waals surface area (Å²) in [5, 5.41) is -0.174. The summed E-state index contributed by atoms with van der Waals surface area (Å²) in [6, 6.07) is 12.1. The Morgan fingerprint density at radius 3 is 2.12 bits per heavy atom. The van der Waals surface area contributed by atoms with E-state index in [9.17, 15) is 9.59 Å². The number of nitrogens with zero attached hydrogens (tertiary/aromatic N) is 1. The van der Waals surface area contributed by atoms with E-state index in [1.807, 2.05) is 17.8 Å². The molecule has 5 atom stereocenters. The van der Waals surface area contributed by atoms with Crippen LogP contribution in [0.4, 0.5) is 0 Å². The van der Waals surface area contributed by atoms with E-state index >= 15 is 0 Å². The second kappa shape index (κ2) is 11.9. The third-order valence-electron chi connectivity index (χ3n) is 9.30. The Labute approximate surface area is 257 Å². The predicted octanol–water partition coefficient (Wildman–Crippen LogP) is 5.85. The fourth-order valence-corrected chi connectivity index (χ4v) is 24.5. The number of aromatic amines is 1. The minimum atomic E-state index is -2.86. The fourth-order valence-electron chi connectivity index (χ4n) is 7.23. The van der Waals surface area contributed by atoms with E-state index in [1.165, 1.54) is 10.5 Å². The number of nitrogens with one attached hydrogen (secondary N) is 1. The van der Waals surface area contributed by atoms with Crippen molar-refractivity contribution in [3.8, 4) is 0 Å². The normalized spacial score (nSPS) is 30.9. The molecule has 1 aromatic heterocycles. The van der Waals surface area contributed by atoms with Gasteiger partial charge in [0.25, 0.3) is 0 Å². The molecule has 1 N–H and O–H groups in total. The van der Waals surface area contributed by atoms with Crippen molar-refractivity contribution < 1.29 is 13.0 Å². The van der Waals surface area contributed by atoms with Gasteiger partial charge in [0.1, 0.15) is 0 Å². The quantitative estimate of drug-likeness (QED) is 0.370. The zero-order valence-electron chi connectivity index (χ0n) is 25.6. The topological polar surface area (TPSA) is 82.6 Å². The first-order chi connectivity index (χ1) is 19.4. The molecule has 3 heterocycles. The molecule has 1 aliphatic carbocycles. The van der Waals surface area contributed by atoms with Gasteiger partial charge in [0.05, 0.1) is 0 Å². The molecule has 2 saturated heterocycles. The Kier molecular flexibility index (Phi) is 9.13. The summed E-state index contributed by atoms with van der Waals surface area (Å²) in [7, 11) is -5.59. The molecule has 1 spiro atoms. The van der Waals surface area contributed by atoms with E-state index in [2.05, 4.69) is 84.6 Å². The van der Waals surface area contributed by atoms with Crippen molar-refractivity contribution in [2.75, 3.05) is 0 Å². The minimum absolute atomic E-state index is 0.00201. The molecule has 5 rings (SSSR count). The first-order valence-corrected chi connectivity index (χ1v) is 21.8. The predicted molar refractivity (Wildman–Crippen MR) is 173 cm³/mol. The van der Waals surface area contributed by atoms with Crippen molar-refractivity contribution in [1.29, 1.82) is 0 Å². The van der Waals surface area contributed by atoms with Crippen molar-refractivity contribution in [3.05, 3.63) is 63.4 Å². The fraction of sp³-hybridized carbons (Fsp3) is 0.667. The molecule has 11 heteroatoms. The molecule has 226 valence electrons. The molecule has 41 heavy (non-hydrogen) atoms. The Morgan fingerprint density at radius 2 is 1.54 bits per heavy atom. The number of hydrogen-bond donors (Lipinski definition) is 1. The average molecular weight is 682 g/mol. The number of H-pyrrole nitrogens is 1. The molecular formula is C30H46N2O5SSeSi2. The monoisotopic (exact) mass is 682 g/mol. The Hall–Kier alpha value is -0.917. The summed E-state index contributed by atoms with van der Waals surface area (Å²) in [5.41, 5.74) is 0.290. The second-order valence-corrected chi connectivity index (χ2v) is 26.0. The zero-order valence-corrected chi connectivity index (χ0v) is 30.1. The van der Waals surface area contributed by atoms with Gasteiger partial charge in [-0.2, -0.15) is 0 Å². The second-order valence-electron chi connectivity index (χ2n) is 13.1. The van der Waals surface area contributed by atoms with Crippen LogP contribution in [0.3, 0.4) is 0 Å². The van der Waals surface area contributed by atoms with Crippen LogP contribution in [0.5, 0.6) is 0 Å². The van der Waals surface area contributed by atoms with Crippen LogP contribution < -0.4 is 15.7 Å². The van der Waals surface area contributed by atoms with Gasteiger partial charge in [-0.15, -0.1) is 0 Å². The standard InChI is InChI=1S/C30H46N2O5SSeSi2/c1-19(2)40(20(3)4)35-24-15-12-17-30(24)27(36-41(37-40,21(5)6)22(7)8)26(39-23-13-10-9-11-14-23)28(38-30)32-18-16-25(33)31-29(32)34/h9-11,13-14,16,18-22,24,26-28H,12,15,17H2,1-8H3,(H,31,33,34)/t24-,26+,27-,28+,30-/m0/s1. The van der Waals surface area contributed by atoms with Crippen LogP contribution >= 0.6 is 11.8 Å². The first kappa shape index (κ1) is 31.5. The van der Waals surface area contributed by atoms with Crippen molar-refractivity contribution >= 4 is 48.3 Å². The number of thioether (sulfide) groups is 1. The Morgan fingerprint density at radius 1 is 0.927 bits per heavy atom. The number of benzene rings is 1.